The van der Waals surface area contributed by atoms with Gasteiger partial charge in [0.1, 0.15) is 6.29 Å². The van der Waals surface area contributed by atoms with Crippen LogP contribution in [0.1, 0.15) is 46.5 Å². The third kappa shape index (κ3) is 0.881. The SMILES string of the molecule is CC1(C)[C@H]2CC[C@](C)(C2)[C@]1(O)CC=O. The standard InChI is InChI=1S/C12H20O2/c1-10(2)9-4-5-11(3,8-9)12(10,14)6-7-13/h7,9,14H,4-6,8H2,1-3H3/t9-,11+,12-/m0/s1. The van der Waals surface area contributed by atoms with E-state index in [9.17, 15) is 9.90 Å². The maximum absolute atomic E-state index is 10.7. The van der Waals surface area contributed by atoms with Crippen LogP contribution < -0.4 is 0 Å². The molecule has 2 aliphatic rings. The molecule has 2 aliphatic carbocycles. The van der Waals surface area contributed by atoms with Gasteiger partial charge in [-0.25, -0.2) is 0 Å². The molecule has 2 nitrogen and oxygen atoms in total. The summed E-state index contributed by atoms with van der Waals surface area (Å²) in [7, 11) is 0. The van der Waals surface area contributed by atoms with Crippen molar-refractivity contribution in [2.24, 2.45) is 16.7 Å². The van der Waals surface area contributed by atoms with Gasteiger partial charge in [0.25, 0.3) is 0 Å². The second-order valence-corrected chi connectivity index (χ2v) is 5.95. The molecule has 0 unspecified atom stereocenters. The summed E-state index contributed by atoms with van der Waals surface area (Å²) in [5, 5.41) is 10.7. The molecule has 0 aromatic carbocycles. The Morgan fingerprint density at radius 1 is 1.43 bits per heavy atom. The zero-order valence-corrected chi connectivity index (χ0v) is 9.34. The Bertz CT molecular complexity index is 265. The molecule has 2 saturated carbocycles. The first-order valence-corrected chi connectivity index (χ1v) is 5.53. The van der Waals surface area contributed by atoms with E-state index < -0.39 is 5.60 Å². The second-order valence-electron chi connectivity index (χ2n) is 5.95. The van der Waals surface area contributed by atoms with Crippen molar-refractivity contribution in [3.05, 3.63) is 0 Å². The van der Waals surface area contributed by atoms with Gasteiger partial charge in [-0.1, -0.05) is 20.8 Å². The molecule has 2 heteroatoms. The molecule has 0 saturated heterocycles. The summed E-state index contributed by atoms with van der Waals surface area (Å²) in [6.07, 6.45) is 4.56. The minimum Gasteiger partial charge on any atom is -0.388 e. The molecule has 0 amide bonds. The van der Waals surface area contributed by atoms with Crippen molar-refractivity contribution in [3.8, 4) is 0 Å². The van der Waals surface area contributed by atoms with Gasteiger partial charge < -0.3 is 9.90 Å². The molecular weight excluding hydrogens is 176 g/mol. The van der Waals surface area contributed by atoms with Gasteiger partial charge in [0.2, 0.25) is 0 Å². The largest absolute Gasteiger partial charge is 0.388 e. The van der Waals surface area contributed by atoms with Crippen molar-refractivity contribution in [3.63, 3.8) is 0 Å². The van der Waals surface area contributed by atoms with Crippen LogP contribution in [0.3, 0.4) is 0 Å². The number of rotatable bonds is 2. The number of aldehydes is 1. The number of aliphatic hydroxyl groups is 1. The highest BCUT2D eigenvalue weighted by Crippen LogP contribution is 2.68. The van der Waals surface area contributed by atoms with E-state index in [-0.39, 0.29) is 10.8 Å². The number of hydrogen-bond acceptors (Lipinski definition) is 2. The Labute approximate surface area is 85.7 Å². The molecule has 0 aliphatic heterocycles. The highest BCUT2D eigenvalue weighted by Gasteiger charge is 2.67. The first kappa shape index (κ1) is 10.2. The van der Waals surface area contributed by atoms with E-state index in [4.69, 9.17) is 0 Å². The Morgan fingerprint density at radius 2 is 2.07 bits per heavy atom. The third-order valence-electron chi connectivity index (χ3n) is 5.21. The van der Waals surface area contributed by atoms with Crippen molar-refractivity contribution >= 4 is 6.29 Å². The van der Waals surface area contributed by atoms with Gasteiger partial charge in [-0.3, -0.25) is 0 Å². The number of fused-ring (bicyclic) bond motifs is 2. The third-order valence-corrected chi connectivity index (χ3v) is 5.21. The Hall–Kier alpha value is -0.370. The van der Waals surface area contributed by atoms with E-state index in [1.807, 2.05) is 0 Å². The number of hydrogen-bond donors (Lipinski definition) is 1. The van der Waals surface area contributed by atoms with Crippen LogP contribution >= 0.6 is 0 Å². The molecule has 14 heavy (non-hydrogen) atoms. The van der Waals surface area contributed by atoms with Crippen molar-refractivity contribution < 1.29 is 9.90 Å². The monoisotopic (exact) mass is 196 g/mol. The normalized spacial score (nSPS) is 49.6. The van der Waals surface area contributed by atoms with Gasteiger partial charge in [0.05, 0.1) is 5.60 Å². The predicted molar refractivity (Wildman–Crippen MR) is 54.9 cm³/mol. The summed E-state index contributed by atoms with van der Waals surface area (Å²) in [6, 6.07) is 0. The van der Waals surface area contributed by atoms with Gasteiger partial charge in [-0.2, -0.15) is 0 Å². The first-order valence-electron chi connectivity index (χ1n) is 5.53. The molecule has 2 fully saturated rings. The summed E-state index contributed by atoms with van der Waals surface area (Å²) < 4.78 is 0. The highest BCUT2D eigenvalue weighted by molar-refractivity contribution is 5.53. The van der Waals surface area contributed by atoms with Crippen molar-refractivity contribution in [2.45, 2.75) is 52.1 Å². The van der Waals surface area contributed by atoms with Gasteiger partial charge in [-0.15, -0.1) is 0 Å². The molecule has 2 bridgehead atoms. The van der Waals surface area contributed by atoms with E-state index >= 15 is 0 Å². The molecule has 2 rings (SSSR count). The highest BCUT2D eigenvalue weighted by atomic mass is 16.3. The summed E-state index contributed by atoms with van der Waals surface area (Å²) in [6.45, 7) is 6.38. The fraction of sp³-hybridized carbons (Fsp3) is 0.917. The lowest BCUT2D eigenvalue weighted by Gasteiger charge is -2.50. The van der Waals surface area contributed by atoms with Gasteiger partial charge in [-0.05, 0) is 36.0 Å². The lowest BCUT2D eigenvalue weighted by atomic mass is 9.59. The van der Waals surface area contributed by atoms with Crippen LogP contribution in [0.25, 0.3) is 0 Å². The summed E-state index contributed by atoms with van der Waals surface area (Å²) in [4.78, 5) is 10.7. The maximum atomic E-state index is 10.7. The van der Waals surface area contributed by atoms with E-state index in [2.05, 4.69) is 20.8 Å². The van der Waals surface area contributed by atoms with E-state index in [1.54, 1.807) is 0 Å². The minimum atomic E-state index is -0.773. The molecule has 0 heterocycles. The van der Waals surface area contributed by atoms with E-state index in [0.717, 1.165) is 19.1 Å². The molecule has 0 spiro atoms. The first-order chi connectivity index (χ1) is 6.37. The topological polar surface area (TPSA) is 37.3 Å². The average molecular weight is 196 g/mol. The quantitative estimate of drug-likeness (QED) is 0.687. The zero-order chi connectivity index (χ0) is 10.6. The predicted octanol–water partition coefficient (Wildman–Crippen LogP) is 2.15. The second kappa shape index (κ2) is 2.60. The molecule has 0 aromatic heterocycles. The van der Waals surface area contributed by atoms with Crippen LogP contribution in [-0.2, 0) is 4.79 Å². The molecular formula is C12H20O2. The van der Waals surface area contributed by atoms with Crippen LogP contribution in [0.2, 0.25) is 0 Å². The Kier molecular flexibility index (Phi) is 1.89. The van der Waals surface area contributed by atoms with Gasteiger partial charge in [0, 0.05) is 6.42 Å². The summed E-state index contributed by atoms with van der Waals surface area (Å²) in [5.74, 6) is 0.595. The van der Waals surface area contributed by atoms with Crippen molar-refractivity contribution in [2.75, 3.05) is 0 Å². The van der Waals surface area contributed by atoms with Crippen LogP contribution in [0.5, 0.6) is 0 Å². The Balaban J connectivity index is 2.43. The Morgan fingerprint density at radius 3 is 2.50 bits per heavy atom. The lowest BCUT2D eigenvalue weighted by molar-refractivity contribution is -0.152. The molecule has 80 valence electrons. The average Bonchev–Trinajstić information content (AvgIpc) is 2.53. The summed E-state index contributed by atoms with van der Waals surface area (Å²) >= 11 is 0. The van der Waals surface area contributed by atoms with Crippen LogP contribution in [0.15, 0.2) is 0 Å². The van der Waals surface area contributed by atoms with Crippen LogP contribution in [0.4, 0.5) is 0 Å². The van der Waals surface area contributed by atoms with Crippen LogP contribution in [0, 0.1) is 16.7 Å². The van der Waals surface area contributed by atoms with Gasteiger partial charge in [0.15, 0.2) is 0 Å². The van der Waals surface area contributed by atoms with Crippen molar-refractivity contribution in [1.82, 2.24) is 0 Å². The fourth-order valence-corrected chi connectivity index (χ4v) is 3.98. The molecule has 1 N–H and O–H groups in total. The van der Waals surface area contributed by atoms with Crippen LogP contribution in [-0.4, -0.2) is 17.0 Å². The number of carbonyl (C=O) groups is 1. The molecule has 0 aromatic rings. The maximum Gasteiger partial charge on any atom is 0.122 e. The fourth-order valence-electron chi connectivity index (χ4n) is 3.98. The van der Waals surface area contributed by atoms with E-state index in [1.165, 1.54) is 6.42 Å². The smallest absolute Gasteiger partial charge is 0.122 e. The van der Waals surface area contributed by atoms with Gasteiger partial charge >= 0.3 is 0 Å². The molecule has 3 atom stereocenters. The minimum absolute atomic E-state index is 0.0257. The molecule has 0 radical (unpaired) electrons. The zero-order valence-electron chi connectivity index (χ0n) is 9.34. The van der Waals surface area contributed by atoms with Crippen molar-refractivity contribution in [1.29, 1.82) is 0 Å². The summed E-state index contributed by atoms with van der Waals surface area (Å²) in [5.41, 5.74) is -0.895. The lowest BCUT2D eigenvalue weighted by Crippen LogP contribution is -2.54. The number of carbonyl (C=O) groups excluding carboxylic acids is 1. The van der Waals surface area contributed by atoms with E-state index in [0.29, 0.717) is 12.3 Å².